The van der Waals surface area contributed by atoms with Crippen molar-refractivity contribution in [2.24, 2.45) is 0 Å². The lowest BCUT2D eigenvalue weighted by atomic mass is 10.1. The van der Waals surface area contributed by atoms with Crippen LogP contribution in [-0.2, 0) is 14.8 Å². The van der Waals surface area contributed by atoms with Gasteiger partial charge in [0.15, 0.2) is 0 Å². The molecule has 8 nitrogen and oxygen atoms in total. The van der Waals surface area contributed by atoms with Gasteiger partial charge in [-0.25, -0.2) is 13.2 Å². The van der Waals surface area contributed by atoms with Crippen molar-refractivity contribution in [1.82, 2.24) is 4.31 Å². The van der Waals surface area contributed by atoms with Crippen molar-refractivity contribution in [1.29, 1.82) is 0 Å². The van der Waals surface area contributed by atoms with Crippen molar-refractivity contribution in [3.05, 3.63) is 87.9 Å². The quantitative estimate of drug-likeness (QED) is 0.358. The van der Waals surface area contributed by atoms with E-state index in [4.69, 9.17) is 9.47 Å². The zero-order valence-corrected chi connectivity index (χ0v) is 21.3. The van der Waals surface area contributed by atoms with Crippen LogP contribution in [-0.4, -0.2) is 50.9 Å². The third-order valence-electron chi connectivity index (χ3n) is 5.42. The van der Waals surface area contributed by atoms with E-state index in [0.29, 0.717) is 30.0 Å². The number of nitrogens with one attached hydrogen (secondary N) is 1. The number of halogens is 1. The molecule has 10 heteroatoms. The molecule has 0 aromatic heterocycles. The van der Waals surface area contributed by atoms with Crippen LogP contribution in [0.25, 0.3) is 0 Å². The molecule has 0 atom stereocenters. The number of aryl methyl sites for hydroxylation is 1. The molecule has 0 bridgehead atoms. The number of benzene rings is 3. The van der Waals surface area contributed by atoms with Gasteiger partial charge in [0.05, 0.1) is 23.7 Å². The summed E-state index contributed by atoms with van der Waals surface area (Å²) in [7, 11) is -3.78. The molecule has 1 saturated heterocycles. The molecule has 1 aliphatic rings. The first-order valence-corrected chi connectivity index (χ1v) is 13.0. The van der Waals surface area contributed by atoms with Crippen LogP contribution in [0.1, 0.15) is 26.3 Å². The molecule has 1 heterocycles. The normalized spacial score (nSPS) is 14.3. The molecule has 1 N–H and O–H groups in total. The molecule has 1 aliphatic heterocycles. The fourth-order valence-electron chi connectivity index (χ4n) is 3.54. The standard InChI is InChI=1S/C25H23BrN2O6S/c1-17-5-6-19(15-23(17)35(31,32)28-11-13-33-14-12-28)25(30)34-22-4-2-3-21(16-22)27-24(29)18-7-9-20(26)10-8-18/h2-10,15-16H,11-14H2,1H3,(H,27,29). The molecule has 0 saturated carbocycles. The molecule has 0 radical (unpaired) electrons. The van der Waals surface area contributed by atoms with Crippen LogP contribution in [0.3, 0.4) is 0 Å². The number of anilines is 1. The lowest BCUT2D eigenvalue weighted by Gasteiger charge is -2.26. The molecule has 1 amide bonds. The molecule has 0 unspecified atom stereocenters. The Kier molecular flexibility index (Phi) is 7.66. The number of esters is 1. The topological polar surface area (TPSA) is 102 Å². The highest BCUT2D eigenvalue weighted by molar-refractivity contribution is 9.10. The second-order valence-corrected chi connectivity index (χ2v) is 10.7. The van der Waals surface area contributed by atoms with E-state index in [-0.39, 0.29) is 35.2 Å². The Morgan fingerprint density at radius 1 is 0.971 bits per heavy atom. The van der Waals surface area contributed by atoms with Crippen LogP contribution in [0.5, 0.6) is 5.75 Å². The number of sulfonamides is 1. The summed E-state index contributed by atoms with van der Waals surface area (Å²) in [6.45, 7) is 2.86. The van der Waals surface area contributed by atoms with Crippen molar-refractivity contribution < 1.29 is 27.5 Å². The Labute approximate surface area is 212 Å². The van der Waals surface area contributed by atoms with E-state index >= 15 is 0 Å². The summed E-state index contributed by atoms with van der Waals surface area (Å²) >= 11 is 3.33. The summed E-state index contributed by atoms with van der Waals surface area (Å²) in [5.74, 6) is -0.806. The minimum atomic E-state index is -3.78. The monoisotopic (exact) mass is 558 g/mol. The first-order chi connectivity index (χ1) is 16.7. The predicted octanol–water partition coefficient (Wildman–Crippen LogP) is 4.25. The van der Waals surface area contributed by atoms with E-state index in [1.807, 2.05) is 0 Å². The van der Waals surface area contributed by atoms with E-state index in [0.717, 1.165) is 4.47 Å². The van der Waals surface area contributed by atoms with Crippen LogP contribution < -0.4 is 10.1 Å². The fraction of sp³-hybridized carbons (Fsp3) is 0.200. The molecule has 3 aromatic rings. The first kappa shape index (κ1) is 25.1. The van der Waals surface area contributed by atoms with Crippen LogP contribution in [0.4, 0.5) is 5.69 Å². The summed E-state index contributed by atoms with van der Waals surface area (Å²) in [6.07, 6.45) is 0. The Balaban J connectivity index is 1.49. The van der Waals surface area contributed by atoms with Gasteiger partial charge in [-0.15, -0.1) is 0 Å². The zero-order chi connectivity index (χ0) is 25.0. The van der Waals surface area contributed by atoms with Crippen LogP contribution >= 0.6 is 15.9 Å². The minimum absolute atomic E-state index is 0.0596. The molecule has 35 heavy (non-hydrogen) atoms. The number of rotatable bonds is 6. The highest BCUT2D eigenvalue weighted by atomic mass is 79.9. The lowest BCUT2D eigenvalue weighted by Crippen LogP contribution is -2.40. The van der Waals surface area contributed by atoms with Crippen molar-refractivity contribution in [2.45, 2.75) is 11.8 Å². The maximum atomic E-state index is 13.1. The number of nitrogens with zero attached hydrogens (tertiary/aromatic N) is 1. The molecule has 0 spiro atoms. The molecule has 1 fully saturated rings. The fourth-order valence-corrected chi connectivity index (χ4v) is 5.46. The van der Waals surface area contributed by atoms with Gasteiger partial charge in [-0.2, -0.15) is 4.31 Å². The Bertz CT molecular complexity index is 1350. The van der Waals surface area contributed by atoms with Crippen molar-refractivity contribution in [3.63, 3.8) is 0 Å². The maximum absolute atomic E-state index is 13.1. The predicted molar refractivity (Wildman–Crippen MR) is 134 cm³/mol. The second kappa shape index (κ2) is 10.7. The van der Waals surface area contributed by atoms with Gasteiger partial charge < -0.3 is 14.8 Å². The van der Waals surface area contributed by atoms with Gasteiger partial charge in [-0.3, -0.25) is 4.79 Å². The molecular weight excluding hydrogens is 536 g/mol. The third-order valence-corrected chi connectivity index (χ3v) is 7.99. The number of hydrogen-bond donors (Lipinski definition) is 1. The summed E-state index contributed by atoms with van der Waals surface area (Å²) in [5, 5.41) is 2.76. The van der Waals surface area contributed by atoms with Gasteiger partial charge in [0.2, 0.25) is 10.0 Å². The Morgan fingerprint density at radius 2 is 1.66 bits per heavy atom. The van der Waals surface area contributed by atoms with E-state index in [9.17, 15) is 18.0 Å². The zero-order valence-electron chi connectivity index (χ0n) is 18.9. The Hall–Kier alpha value is -3.05. The van der Waals surface area contributed by atoms with Gasteiger partial charge in [-0.1, -0.05) is 28.1 Å². The van der Waals surface area contributed by atoms with Crippen molar-refractivity contribution in [3.8, 4) is 5.75 Å². The molecule has 4 rings (SSSR count). The average Bonchev–Trinajstić information content (AvgIpc) is 2.85. The summed E-state index contributed by atoms with van der Waals surface area (Å²) in [5.41, 5.74) is 1.56. The largest absolute Gasteiger partial charge is 0.423 e. The summed E-state index contributed by atoms with van der Waals surface area (Å²) in [6, 6.07) is 17.8. The van der Waals surface area contributed by atoms with Gasteiger partial charge >= 0.3 is 5.97 Å². The molecule has 182 valence electrons. The number of carbonyl (C=O) groups excluding carboxylic acids is 2. The van der Waals surface area contributed by atoms with Crippen LogP contribution in [0, 0.1) is 6.92 Å². The van der Waals surface area contributed by atoms with Crippen molar-refractivity contribution in [2.75, 3.05) is 31.6 Å². The number of amides is 1. The number of morpholine rings is 1. The maximum Gasteiger partial charge on any atom is 0.343 e. The van der Waals surface area contributed by atoms with E-state index in [2.05, 4.69) is 21.2 Å². The van der Waals surface area contributed by atoms with Crippen molar-refractivity contribution >= 4 is 43.5 Å². The van der Waals surface area contributed by atoms with E-state index < -0.39 is 16.0 Å². The Morgan fingerprint density at radius 3 is 2.37 bits per heavy atom. The van der Waals surface area contributed by atoms with Crippen LogP contribution in [0.15, 0.2) is 76.1 Å². The van der Waals surface area contributed by atoms with Gasteiger partial charge in [0.25, 0.3) is 5.91 Å². The SMILES string of the molecule is Cc1ccc(C(=O)Oc2cccc(NC(=O)c3ccc(Br)cc3)c2)cc1S(=O)(=O)N1CCOCC1. The second-order valence-electron chi connectivity index (χ2n) is 7.88. The first-order valence-electron chi connectivity index (χ1n) is 10.8. The molecule has 0 aliphatic carbocycles. The minimum Gasteiger partial charge on any atom is -0.423 e. The third kappa shape index (κ3) is 5.96. The number of carbonyl (C=O) groups is 2. The van der Waals surface area contributed by atoms with E-state index in [1.54, 1.807) is 55.5 Å². The van der Waals surface area contributed by atoms with Gasteiger partial charge in [0, 0.05) is 34.9 Å². The van der Waals surface area contributed by atoms with E-state index in [1.165, 1.54) is 22.5 Å². The highest BCUT2D eigenvalue weighted by Crippen LogP contribution is 2.24. The van der Waals surface area contributed by atoms with Gasteiger partial charge in [-0.05, 0) is 61.0 Å². The number of ether oxygens (including phenoxy) is 2. The van der Waals surface area contributed by atoms with Gasteiger partial charge in [0.1, 0.15) is 5.75 Å². The lowest BCUT2D eigenvalue weighted by molar-refractivity contribution is 0.0727. The summed E-state index contributed by atoms with van der Waals surface area (Å²) < 4.78 is 39.1. The molecule has 3 aromatic carbocycles. The average molecular weight is 559 g/mol. The highest BCUT2D eigenvalue weighted by Gasteiger charge is 2.28. The summed E-state index contributed by atoms with van der Waals surface area (Å²) in [4.78, 5) is 25.4. The smallest absolute Gasteiger partial charge is 0.343 e. The molecular formula is C25H23BrN2O6S. The number of hydrogen-bond acceptors (Lipinski definition) is 6. The van der Waals surface area contributed by atoms with Crippen LogP contribution in [0.2, 0.25) is 0 Å².